The molecule has 0 atom stereocenters. The molecule has 1 aliphatic rings. The zero-order valence-corrected chi connectivity index (χ0v) is 18.6. The second-order valence-corrected chi connectivity index (χ2v) is 8.08. The number of primary amides is 1. The van der Waals surface area contributed by atoms with E-state index >= 15 is 0 Å². The molecule has 31 heavy (non-hydrogen) atoms. The fourth-order valence-electron chi connectivity index (χ4n) is 4.25. The van der Waals surface area contributed by atoms with Gasteiger partial charge in [0.05, 0.1) is 12.1 Å². The number of rotatable bonds is 7. The topological polar surface area (TPSA) is 120 Å². The van der Waals surface area contributed by atoms with E-state index in [1.54, 1.807) is 0 Å². The molecule has 1 heterocycles. The molecule has 3 rings (SSSR count). The first kappa shape index (κ1) is 24.6. The number of halogens is 1. The number of hydrogen-bond acceptors (Lipinski definition) is 4. The molecule has 2 amide bonds. The van der Waals surface area contributed by atoms with E-state index in [0.29, 0.717) is 17.9 Å². The van der Waals surface area contributed by atoms with Gasteiger partial charge in [-0.1, -0.05) is 30.3 Å². The Morgan fingerprint density at radius 3 is 2.35 bits per heavy atom. The van der Waals surface area contributed by atoms with Crippen molar-refractivity contribution in [2.45, 2.75) is 51.1 Å². The maximum atomic E-state index is 13.2. The molecule has 8 heteroatoms. The minimum Gasteiger partial charge on any atom is -0.366 e. The summed E-state index contributed by atoms with van der Waals surface area (Å²) in [6.07, 6.45) is 6.75. The molecule has 0 saturated heterocycles. The van der Waals surface area contributed by atoms with Crippen molar-refractivity contribution >= 4 is 24.2 Å². The van der Waals surface area contributed by atoms with Crippen molar-refractivity contribution in [3.05, 3.63) is 69.1 Å². The number of benzene rings is 1. The van der Waals surface area contributed by atoms with Gasteiger partial charge < -0.3 is 21.4 Å². The molecular weight excluding hydrogens is 416 g/mol. The van der Waals surface area contributed by atoms with Crippen LogP contribution in [-0.4, -0.2) is 29.5 Å². The minimum absolute atomic E-state index is 0. The summed E-state index contributed by atoms with van der Waals surface area (Å²) >= 11 is 0. The minimum atomic E-state index is -0.636. The molecule has 1 aliphatic carbocycles. The van der Waals surface area contributed by atoms with Gasteiger partial charge in [0.15, 0.2) is 0 Å². The number of amides is 2. The SMILES string of the molecule is CNC(=O)c1c(CC[C@H]2CC[C@@H](N)CC2)c(C(N)=O)cn(Cc2ccccc2)c1=O.Cl. The summed E-state index contributed by atoms with van der Waals surface area (Å²) in [7, 11) is 1.48. The Balaban J connectivity index is 0.00000341. The van der Waals surface area contributed by atoms with Crippen LogP contribution in [0.5, 0.6) is 0 Å². The molecule has 1 saturated carbocycles. The number of carbonyl (C=O) groups excluding carboxylic acids is 2. The van der Waals surface area contributed by atoms with Crippen molar-refractivity contribution in [3.63, 3.8) is 0 Å². The van der Waals surface area contributed by atoms with Gasteiger partial charge in [-0.25, -0.2) is 0 Å². The zero-order chi connectivity index (χ0) is 21.7. The highest BCUT2D eigenvalue weighted by Crippen LogP contribution is 2.28. The highest BCUT2D eigenvalue weighted by molar-refractivity contribution is 6.01. The monoisotopic (exact) mass is 446 g/mol. The lowest BCUT2D eigenvalue weighted by Gasteiger charge is -2.26. The second kappa shape index (κ2) is 11.1. The first-order valence-corrected chi connectivity index (χ1v) is 10.5. The lowest BCUT2D eigenvalue weighted by molar-refractivity contribution is 0.0959. The van der Waals surface area contributed by atoms with Crippen LogP contribution in [0.2, 0.25) is 0 Å². The Hall–Kier alpha value is -2.64. The Bertz CT molecular complexity index is 967. The van der Waals surface area contributed by atoms with Gasteiger partial charge in [-0.05, 0) is 55.6 Å². The average Bonchev–Trinajstić information content (AvgIpc) is 2.75. The smallest absolute Gasteiger partial charge is 0.264 e. The molecule has 7 nitrogen and oxygen atoms in total. The molecule has 168 valence electrons. The number of nitrogens with one attached hydrogen (secondary N) is 1. The van der Waals surface area contributed by atoms with Gasteiger partial charge in [0.1, 0.15) is 5.56 Å². The average molecular weight is 447 g/mol. The van der Waals surface area contributed by atoms with Crippen molar-refractivity contribution in [2.75, 3.05) is 7.05 Å². The number of carbonyl (C=O) groups is 2. The fraction of sp³-hybridized carbons (Fsp3) is 0.435. The van der Waals surface area contributed by atoms with E-state index in [1.165, 1.54) is 17.8 Å². The van der Waals surface area contributed by atoms with Crippen LogP contribution >= 0.6 is 12.4 Å². The van der Waals surface area contributed by atoms with Gasteiger partial charge in [-0.15, -0.1) is 12.4 Å². The molecule has 5 N–H and O–H groups in total. The summed E-state index contributed by atoms with van der Waals surface area (Å²) in [5.41, 5.74) is 12.8. The van der Waals surface area contributed by atoms with E-state index in [9.17, 15) is 14.4 Å². The van der Waals surface area contributed by atoms with Gasteiger partial charge in [-0.2, -0.15) is 0 Å². The van der Waals surface area contributed by atoms with Gasteiger partial charge in [0.2, 0.25) is 5.91 Å². The van der Waals surface area contributed by atoms with Crippen LogP contribution in [0.15, 0.2) is 41.3 Å². The van der Waals surface area contributed by atoms with Crippen LogP contribution < -0.4 is 22.3 Å². The first-order valence-electron chi connectivity index (χ1n) is 10.5. The zero-order valence-electron chi connectivity index (χ0n) is 17.8. The molecule has 1 aromatic heterocycles. The van der Waals surface area contributed by atoms with Crippen molar-refractivity contribution in [2.24, 2.45) is 17.4 Å². The maximum Gasteiger partial charge on any atom is 0.264 e. The molecule has 0 radical (unpaired) electrons. The third kappa shape index (κ3) is 5.95. The Labute approximate surface area is 188 Å². The van der Waals surface area contributed by atoms with Crippen LogP contribution in [-0.2, 0) is 13.0 Å². The Morgan fingerprint density at radius 2 is 1.77 bits per heavy atom. The number of aromatic nitrogens is 1. The summed E-state index contributed by atoms with van der Waals surface area (Å²) in [4.78, 5) is 38.1. The van der Waals surface area contributed by atoms with E-state index in [2.05, 4.69) is 5.32 Å². The van der Waals surface area contributed by atoms with Crippen LogP contribution in [0.25, 0.3) is 0 Å². The van der Waals surface area contributed by atoms with Crippen LogP contribution in [0.4, 0.5) is 0 Å². The van der Waals surface area contributed by atoms with E-state index < -0.39 is 17.4 Å². The third-order valence-electron chi connectivity index (χ3n) is 6.00. The molecule has 0 aliphatic heterocycles. The first-order chi connectivity index (χ1) is 14.4. The summed E-state index contributed by atoms with van der Waals surface area (Å²) in [5.74, 6) is -0.664. The normalized spacial score (nSPS) is 18.1. The van der Waals surface area contributed by atoms with Crippen molar-refractivity contribution < 1.29 is 9.59 Å². The lowest BCUT2D eigenvalue weighted by atomic mass is 9.82. The predicted molar refractivity (Wildman–Crippen MR) is 124 cm³/mol. The van der Waals surface area contributed by atoms with Gasteiger partial charge >= 0.3 is 0 Å². The molecule has 2 aromatic rings. The molecule has 0 spiro atoms. The quantitative estimate of drug-likeness (QED) is 0.603. The fourth-order valence-corrected chi connectivity index (χ4v) is 4.25. The number of nitrogens with two attached hydrogens (primary N) is 2. The lowest BCUT2D eigenvalue weighted by Crippen LogP contribution is -2.36. The van der Waals surface area contributed by atoms with Gasteiger partial charge in [0, 0.05) is 19.3 Å². The standard InChI is InChI=1S/C23H30N4O3.ClH/c1-26-22(29)20-18(12-9-15-7-10-17(24)11-8-15)19(21(25)28)14-27(23(20)30)13-16-5-3-2-4-6-16;/h2-6,14-15,17H,7-13,24H2,1H3,(H2,25,28)(H,26,29);1H/t15-,17+;. The summed E-state index contributed by atoms with van der Waals surface area (Å²) in [6, 6.07) is 9.66. The maximum absolute atomic E-state index is 13.2. The molecule has 1 fully saturated rings. The Kier molecular flexibility index (Phi) is 8.83. The highest BCUT2D eigenvalue weighted by atomic mass is 35.5. The summed E-state index contributed by atoms with van der Waals surface area (Å²) in [5, 5.41) is 2.54. The van der Waals surface area contributed by atoms with Crippen LogP contribution in [0, 0.1) is 5.92 Å². The highest BCUT2D eigenvalue weighted by Gasteiger charge is 2.25. The van der Waals surface area contributed by atoms with Crippen molar-refractivity contribution in [1.29, 1.82) is 0 Å². The van der Waals surface area contributed by atoms with Crippen LogP contribution in [0.3, 0.4) is 0 Å². The van der Waals surface area contributed by atoms with Crippen molar-refractivity contribution in [1.82, 2.24) is 9.88 Å². The Morgan fingerprint density at radius 1 is 1.13 bits per heavy atom. The van der Waals surface area contributed by atoms with Crippen LogP contribution in [0.1, 0.15) is 63.9 Å². The van der Waals surface area contributed by atoms with Crippen molar-refractivity contribution in [3.8, 4) is 0 Å². The molecule has 1 aromatic carbocycles. The van der Waals surface area contributed by atoms with Gasteiger partial charge in [0.25, 0.3) is 11.5 Å². The molecule has 0 bridgehead atoms. The largest absolute Gasteiger partial charge is 0.366 e. The van der Waals surface area contributed by atoms with E-state index in [0.717, 1.165) is 37.7 Å². The molecular formula is C23H31ClN4O3. The molecule has 0 unspecified atom stereocenters. The summed E-state index contributed by atoms with van der Waals surface area (Å²) in [6.45, 7) is 0.255. The number of hydrogen-bond donors (Lipinski definition) is 3. The predicted octanol–water partition coefficient (Wildman–Crippen LogP) is 2.23. The van der Waals surface area contributed by atoms with Gasteiger partial charge in [-0.3, -0.25) is 14.4 Å². The second-order valence-electron chi connectivity index (χ2n) is 8.08. The summed E-state index contributed by atoms with van der Waals surface area (Å²) < 4.78 is 1.39. The van der Waals surface area contributed by atoms with E-state index in [4.69, 9.17) is 11.5 Å². The number of pyridine rings is 1. The number of nitrogens with zero attached hydrogens (tertiary/aromatic N) is 1. The van der Waals surface area contributed by atoms with E-state index in [-0.39, 0.29) is 36.1 Å². The third-order valence-corrected chi connectivity index (χ3v) is 6.00. The van der Waals surface area contributed by atoms with E-state index in [1.807, 2.05) is 30.3 Å².